The van der Waals surface area contributed by atoms with Gasteiger partial charge in [0, 0.05) is 17.9 Å². The minimum Gasteiger partial charge on any atom is -0.478 e. The quantitative estimate of drug-likeness (QED) is 0.620. The Hall–Kier alpha value is -2.56. The highest BCUT2D eigenvalue weighted by Crippen LogP contribution is 2.57. The van der Waals surface area contributed by atoms with Gasteiger partial charge in [-0.3, -0.25) is 4.98 Å². The number of carboxylic acid groups (broad SMARTS) is 1. The van der Waals surface area contributed by atoms with Crippen LogP contribution in [-0.4, -0.2) is 21.6 Å². The molecule has 0 spiro atoms. The van der Waals surface area contributed by atoms with Gasteiger partial charge in [0.25, 0.3) is 0 Å². The van der Waals surface area contributed by atoms with Crippen LogP contribution in [0.4, 0.5) is 11.4 Å². The molecular weight excluding hydrogens is 362 g/mol. The summed E-state index contributed by atoms with van der Waals surface area (Å²) in [5.41, 5.74) is 3.44. The summed E-state index contributed by atoms with van der Waals surface area (Å²) in [6.07, 6.45) is 11.6. The van der Waals surface area contributed by atoms with Gasteiger partial charge in [0.2, 0.25) is 0 Å². The van der Waals surface area contributed by atoms with Crippen molar-refractivity contribution in [2.75, 3.05) is 10.6 Å². The smallest absolute Gasteiger partial charge is 0.335 e. The minimum atomic E-state index is -0.900. The third-order valence-corrected chi connectivity index (χ3v) is 7.26. The lowest BCUT2D eigenvalue weighted by Gasteiger charge is -2.57. The number of benzene rings is 1. The summed E-state index contributed by atoms with van der Waals surface area (Å²) in [6.45, 7) is 2.08. The van der Waals surface area contributed by atoms with Crippen LogP contribution in [0.2, 0.25) is 0 Å². The van der Waals surface area contributed by atoms with Crippen molar-refractivity contribution in [2.45, 2.75) is 57.0 Å². The second-order valence-electron chi connectivity index (χ2n) is 9.54. The molecule has 2 aromatic rings. The highest BCUT2D eigenvalue weighted by atomic mass is 16.4. The highest BCUT2D eigenvalue weighted by molar-refractivity contribution is 5.91. The van der Waals surface area contributed by atoms with E-state index in [2.05, 4.69) is 22.5 Å². The molecule has 4 bridgehead atoms. The molecule has 6 rings (SSSR count). The molecule has 29 heavy (non-hydrogen) atoms. The second kappa shape index (κ2) is 7.05. The molecule has 0 amide bonds. The number of aromatic carboxylic acids is 1. The minimum absolute atomic E-state index is 0.0321. The number of anilines is 2. The second-order valence-corrected chi connectivity index (χ2v) is 9.54. The third-order valence-electron chi connectivity index (χ3n) is 7.26. The topological polar surface area (TPSA) is 74.2 Å². The number of carbonyl (C=O) groups is 1. The molecule has 1 heterocycles. The van der Waals surface area contributed by atoms with Gasteiger partial charge in [0.1, 0.15) is 0 Å². The zero-order valence-corrected chi connectivity index (χ0v) is 16.9. The van der Waals surface area contributed by atoms with Crippen LogP contribution < -0.4 is 10.6 Å². The average molecular weight is 392 g/mol. The fourth-order valence-electron chi connectivity index (χ4n) is 6.40. The molecule has 1 aromatic carbocycles. The summed E-state index contributed by atoms with van der Waals surface area (Å²) >= 11 is 0. The summed E-state index contributed by atoms with van der Waals surface area (Å²) in [5, 5.41) is 16.9. The largest absolute Gasteiger partial charge is 0.478 e. The Balaban J connectivity index is 1.44. The van der Waals surface area contributed by atoms with Gasteiger partial charge >= 0.3 is 5.97 Å². The standard InChI is InChI=1S/C24H29N3O2/c1-15(20-3-2-6-25-14-20)26-22-10-19(23(28)29)4-5-21(22)27-24-11-16-7-17(12-24)9-18(8-16)13-24/h2-6,10,14-18,26-27H,7-9,11-13H2,1H3,(H,28,29). The molecule has 4 aliphatic rings. The molecule has 5 heteroatoms. The van der Waals surface area contributed by atoms with Crippen molar-refractivity contribution < 1.29 is 9.90 Å². The predicted molar refractivity (Wildman–Crippen MR) is 114 cm³/mol. The summed E-state index contributed by atoms with van der Waals surface area (Å²) in [7, 11) is 0. The number of hydrogen-bond donors (Lipinski definition) is 3. The van der Waals surface area contributed by atoms with Gasteiger partial charge in [-0.1, -0.05) is 6.07 Å². The van der Waals surface area contributed by atoms with Crippen LogP contribution in [0, 0.1) is 17.8 Å². The van der Waals surface area contributed by atoms with E-state index in [9.17, 15) is 9.90 Å². The van der Waals surface area contributed by atoms with Crippen LogP contribution in [0.5, 0.6) is 0 Å². The Morgan fingerprint density at radius 2 is 1.79 bits per heavy atom. The van der Waals surface area contributed by atoms with Crippen molar-refractivity contribution in [3.63, 3.8) is 0 Å². The van der Waals surface area contributed by atoms with Gasteiger partial charge in [-0.05, 0) is 93.0 Å². The molecule has 5 nitrogen and oxygen atoms in total. The zero-order valence-electron chi connectivity index (χ0n) is 16.9. The van der Waals surface area contributed by atoms with Gasteiger partial charge in [0.05, 0.1) is 23.0 Å². The van der Waals surface area contributed by atoms with E-state index in [4.69, 9.17) is 0 Å². The Bertz CT molecular complexity index is 876. The Morgan fingerprint density at radius 3 is 2.38 bits per heavy atom. The summed E-state index contributed by atoms with van der Waals surface area (Å²) in [5.74, 6) is 1.68. The van der Waals surface area contributed by atoms with Crippen molar-refractivity contribution in [2.24, 2.45) is 17.8 Å². The average Bonchev–Trinajstić information content (AvgIpc) is 2.68. The van der Waals surface area contributed by atoms with E-state index in [1.165, 1.54) is 38.5 Å². The van der Waals surface area contributed by atoms with Gasteiger partial charge in [-0.15, -0.1) is 0 Å². The van der Waals surface area contributed by atoms with Crippen LogP contribution in [0.1, 0.15) is 67.4 Å². The summed E-state index contributed by atoms with van der Waals surface area (Å²) in [6, 6.07) is 9.42. The number of aromatic nitrogens is 1. The van der Waals surface area contributed by atoms with E-state index in [0.717, 1.165) is 34.7 Å². The van der Waals surface area contributed by atoms with Gasteiger partial charge < -0.3 is 15.7 Å². The first-order valence-electron chi connectivity index (χ1n) is 10.8. The van der Waals surface area contributed by atoms with Crippen molar-refractivity contribution >= 4 is 17.3 Å². The Labute approximate surface area is 171 Å². The third kappa shape index (κ3) is 3.59. The van der Waals surface area contributed by atoms with Gasteiger partial charge in [-0.25, -0.2) is 4.79 Å². The normalized spacial score (nSPS) is 30.7. The van der Waals surface area contributed by atoms with Crippen molar-refractivity contribution in [1.29, 1.82) is 0 Å². The highest BCUT2D eigenvalue weighted by Gasteiger charge is 2.51. The first-order chi connectivity index (χ1) is 14.0. The lowest BCUT2D eigenvalue weighted by Crippen LogP contribution is -2.54. The van der Waals surface area contributed by atoms with E-state index in [1.54, 1.807) is 18.3 Å². The molecule has 0 saturated heterocycles. The van der Waals surface area contributed by atoms with E-state index in [1.807, 2.05) is 24.4 Å². The molecule has 1 unspecified atom stereocenters. The van der Waals surface area contributed by atoms with Crippen LogP contribution in [-0.2, 0) is 0 Å². The SMILES string of the molecule is CC(Nc1cc(C(=O)O)ccc1NC12CC3CC(CC(C3)C1)C2)c1cccnc1. The lowest BCUT2D eigenvalue weighted by molar-refractivity contribution is 0.0107. The molecule has 4 aliphatic carbocycles. The van der Waals surface area contributed by atoms with Gasteiger partial charge in [0.15, 0.2) is 0 Å². The Morgan fingerprint density at radius 1 is 1.10 bits per heavy atom. The van der Waals surface area contributed by atoms with E-state index in [0.29, 0.717) is 5.56 Å². The molecule has 1 aromatic heterocycles. The van der Waals surface area contributed by atoms with E-state index < -0.39 is 5.97 Å². The molecule has 1 atom stereocenters. The first-order valence-corrected chi connectivity index (χ1v) is 10.8. The van der Waals surface area contributed by atoms with E-state index in [-0.39, 0.29) is 11.6 Å². The maximum absolute atomic E-state index is 11.6. The monoisotopic (exact) mass is 391 g/mol. The van der Waals surface area contributed by atoms with Crippen LogP contribution in [0.3, 0.4) is 0 Å². The number of nitrogens with zero attached hydrogens (tertiary/aromatic N) is 1. The van der Waals surface area contributed by atoms with Crippen molar-refractivity contribution in [3.05, 3.63) is 53.9 Å². The Kier molecular flexibility index (Phi) is 4.49. The fourth-order valence-corrected chi connectivity index (χ4v) is 6.40. The molecule has 0 aliphatic heterocycles. The van der Waals surface area contributed by atoms with Gasteiger partial charge in [-0.2, -0.15) is 0 Å². The fraction of sp³-hybridized carbons (Fsp3) is 0.500. The zero-order chi connectivity index (χ0) is 20.0. The lowest BCUT2D eigenvalue weighted by atomic mass is 9.53. The predicted octanol–water partition coefficient (Wildman–Crippen LogP) is 5.33. The van der Waals surface area contributed by atoms with Crippen LogP contribution >= 0.6 is 0 Å². The number of nitrogens with one attached hydrogen (secondary N) is 2. The maximum Gasteiger partial charge on any atom is 0.335 e. The number of hydrogen-bond acceptors (Lipinski definition) is 4. The molecule has 152 valence electrons. The van der Waals surface area contributed by atoms with Crippen molar-refractivity contribution in [3.8, 4) is 0 Å². The maximum atomic E-state index is 11.6. The first kappa shape index (κ1) is 18.5. The van der Waals surface area contributed by atoms with E-state index >= 15 is 0 Å². The number of rotatable bonds is 6. The molecule has 0 radical (unpaired) electrons. The molecular formula is C24H29N3O2. The molecule has 4 saturated carbocycles. The number of carboxylic acids is 1. The van der Waals surface area contributed by atoms with Crippen LogP contribution in [0.15, 0.2) is 42.7 Å². The van der Waals surface area contributed by atoms with Crippen LogP contribution in [0.25, 0.3) is 0 Å². The van der Waals surface area contributed by atoms with Crippen molar-refractivity contribution in [1.82, 2.24) is 4.98 Å². The summed E-state index contributed by atoms with van der Waals surface area (Å²) < 4.78 is 0. The molecule has 4 fully saturated rings. The number of pyridine rings is 1. The summed E-state index contributed by atoms with van der Waals surface area (Å²) in [4.78, 5) is 15.8. The molecule has 3 N–H and O–H groups in total.